The van der Waals surface area contributed by atoms with Crippen molar-refractivity contribution in [1.82, 2.24) is 0 Å². The number of nitrogens with two attached hydrogens (primary N) is 1. The minimum absolute atomic E-state index is 0.208. The first-order chi connectivity index (χ1) is 4.83. The average molecular weight is 144 g/mol. The molecule has 10 heavy (non-hydrogen) atoms. The van der Waals surface area contributed by atoms with Crippen LogP contribution in [0.3, 0.4) is 0 Å². The predicted octanol–water partition coefficient (Wildman–Crippen LogP) is -0.264. The largest absolute Gasteiger partial charge is 0.463 e. The van der Waals surface area contributed by atoms with Crippen LogP contribution in [-0.2, 0) is 9.47 Å². The molecule has 1 aliphatic rings. The minimum atomic E-state index is 0.208. The minimum Gasteiger partial charge on any atom is -0.463 e. The van der Waals surface area contributed by atoms with Gasteiger partial charge >= 0.3 is 0 Å². The highest BCUT2D eigenvalue weighted by atomic mass is 16.5. The van der Waals surface area contributed by atoms with Gasteiger partial charge in [0.1, 0.15) is 6.61 Å². The molecule has 1 heterocycles. The molecule has 0 unspecified atom stereocenters. The van der Waals surface area contributed by atoms with Gasteiger partial charge in [0.15, 0.2) is 0 Å². The van der Waals surface area contributed by atoms with Gasteiger partial charge in [-0.15, -0.1) is 0 Å². The van der Waals surface area contributed by atoms with E-state index in [4.69, 9.17) is 15.2 Å². The fourth-order valence-corrected chi connectivity index (χ4v) is 0.838. The van der Waals surface area contributed by atoms with Gasteiger partial charge in [0, 0.05) is 13.7 Å². The summed E-state index contributed by atoms with van der Waals surface area (Å²) in [4.78, 5) is 4.02. The molecule has 0 spiro atoms. The zero-order valence-electron chi connectivity index (χ0n) is 6.04. The summed E-state index contributed by atoms with van der Waals surface area (Å²) in [5, 5.41) is 0. The Labute approximate surface area is 60.0 Å². The molecule has 4 heteroatoms. The third-order valence-electron chi connectivity index (χ3n) is 1.39. The Balaban J connectivity index is 2.18. The molecule has 0 amide bonds. The van der Waals surface area contributed by atoms with Gasteiger partial charge in [0.05, 0.1) is 6.04 Å². The van der Waals surface area contributed by atoms with E-state index in [9.17, 15) is 0 Å². The number of rotatable bonds is 3. The van der Waals surface area contributed by atoms with Crippen molar-refractivity contribution in [2.75, 3.05) is 20.3 Å². The summed E-state index contributed by atoms with van der Waals surface area (Å²) in [5.41, 5.74) is 5.28. The van der Waals surface area contributed by atoms with Gasteiger partial charge < -0.3 is 15.2 Å². The quantitative estimate of drug-likeness (QED) is 0.593. The second-order valence-electron chi connectivity index (χ2n) is 2.21. The molecule has 58 valence electrons. The zero-order chi connectivity index (χ0) is 7.40. The SMILES string of the molecule is COCC[C@H]1COC(N)=N1. The van der Waals surface area contributed by atoms with Crippen LogP contribution in [0.2, 0.25) is 0 Å². The number of amidine groups is 1. The first-order valence-electron chi connectivity index (χ1n) is 3.28. The van der Waals surface area contributed by atoms with Crippen molar-refractivity contribution in [3.63, 3.8) is 0 Å². The molecule has 0 saturated carbocycles. The van der Waals surface area contributed by atoms with Crippen molar-refractivity contribution in [2.24, 2.45) is 10.7 Å². The molecule has 0 bridgehead atoms. The summed E-state index contributed by atoms with van der Waals surface area (Å²) < 4.78 is 9.81. The van der Waals surface area contributed by atoms with E-state index in [1.165, 1.54) is 0 Å². The van der Waals surface area contributed by atoms with E-state index in [2.05, 4.69) is 4.99 Å². The predicted molar refractivity (Wildman–Crippen MR) is 37.9 cm³/mol. The van der Waals surface area contributed by atoms with Crippen LogP contribution >= 0.6 is 0 Å². The number of aliphatic imine (C=N–C) groups is 1. The fourth-order valence-electron chi connectivity index (χ4n) is 0.838. The van der Waals surface area contributed by atoms with Crippen molar-refractivity contribution in [1.29, 1.82) is 0 Å². The number of nitrogens with zero attached hydrogens (tertiary/aromatic N) is 1. The summed E-state index contributed by atoms with van der Waals surface area (Å²) in [6.45, 7) is 1.32. The van der Waals surface area contributed by atoms with Crippen LogP contribution < -0.4 is 5.73 Å². The summed E-state index contributed by atoms with van der Waals surface area (Å²) in [6, 6.07) is 0.515. The first-order valence-corrected chi connectivity index (χ1v) is 3.28. The summed E-state index contributed by atoms with van der Waals surface area (Å²) in [5.74, 6) is 0. The third kappa shape index (κ3) is 1.88. The second kappa shape index (κ2) is 3.41. The molecule has 1 rings (SSSR count). The van der Waals surface area contributed by atoms with Crippen molar-refractivity contribution in [3.8, 4) is 0 Å². The molecule has 0 aromatic heterocycles. The van der Waals surface area contributed by atoms with E-state index in [1.807, 2.05) is 0 Å². The topological polar surface area (TPSA) is 56.8 Å². The third-order valence-corrected chi connectivity index (χ3v) is 1.39. The Bertz CT molecular complexity index is 136. The summed E-state index contributed by atoms with van der Waals surface area (Å²) >= 11 is 0. The van der Waals surface area contributed by atoms with Gasteiger partial charge in [-0.1, -0.05) is 0 Å². The van der Waals surface area contributed by atoms with Gasteiger partial charge in [0.25, 0.3) is 6.02 Å². The van der Waals surface area contributed by atoms with Gasteiger partial charge in [-0.2, -0.15) is 0 Å². The van der Waals surface area contributed by atoms with E-state index >= 15 is 0 Å². The molecule has 0 aromatic rings. The maximum atomic E-state index is 5.28. The Morgan fingerprint density at radius 3 is 3.20 bits per heavy atom. The molecule has 1 aliphatic heterocycles. The molecule has 1 atom stereocenters. The molecule has 0 aromatic carbocycles. The zero-order valence-corrected chi connectivity index (χ0v) is 6.04. The molecule has 0 aliphatic carbocycles. The number of methoxy groups -OCH3 is 1. The standard InChI is InChI=1S/C6H12N2O2/c1-9-3-2-5-4-10-6(7)8-5/h5H,2-4H2,1H3,(H2,7,8)/t5-/m0/s1. The van der Waals surface area contributed by atoms with Crippen LogP contribution in [0.1, 0.15) is 6.42 Å². The summed E-state index contributed by atoms with van der Waals surface area (Å²) in [7, 11) is 1.67. The van der Waals surface area contributed by atoms with Crippen LogP contribution in [-0.4, -0.2) is 32.4 Å². The van der Waals surface area contributed by atoms with Crippen molar-refractivity contribution >= 4 is 6.02 Å². The van der Waals surface area contributed by atoms with Crippen LogP contribution in [0.4, 0.5) is 0 Å². The van der Waals surface area contributed by atoms with E-state index < -0.39 is 0 Å². The second-order valence-corrected chi connectivity index (χ2v) is 2.21. The number of ether oxygens (including phenoxy) is 2. The Morgan fingerprint density at radius 1 is 1.90 bits per heavy atom. The monoisotopic (exact) mass is 144 g/mol. The molecular weight excluding hydrogens is 132 g/mol. The van der Waals surface area contributed by atoms with Gasteiger partial charge in [-0.3, -0.25) is 0 Å². The van der Waals surface area contributed by atoms with E-state index in [-0.39, 0.29) is 6.04 Å². The first kappa shape index (κ1) is 7.34. The van der Waals surface area contributed by atoms with Crippen LogP contribution in [0.25, 0.3) is 0 Å². The fraction of sp³-hybridized carbons (Fsp3) is 0.833. The smallest absolute Gasteiger partial charge is 0.282 e. The molecule has 4 nitrogen and oxygen atoms in total. The van der Waals surface area contributed by atoms with E-state index in [0.717, 1.165) is 6.42 Å². The van der Waals surface area contributed by atoms with E-state index in [1.54, 1.807) is 7.11 Å². The lowest BCUT2D eigenvalue weighted by Gasteiger charge is -2.01. The van der Waals surface area contributed by atoms with Crippen LogP contribution in [0.15, 0.2) is 4.99 Å². The maximum absolute atomic E-state index is 5.28. The van der Waals surface area contributed by atoms with Crippen molar-refractivity contribution in [3.05, 3.63) is 0 Å². The molecular formula is C6H12N2O2. The molecule has 2 N–H and O–H groups in total. The lowest BCUT2D eigenvalue weighted by molar-refractivity contribution is 0.181. The van der Waals surface area contributed by atoms with Gasteiger partial charge in [-0.05, 0) is 6.42 Å². The molecule has 0 radical (unpaired) electrons. The van der Waals surface area contributed by atoms with E-state index in [0.29, 0.717) is 19.2 Å². The average Bonchev–Trinajstić information content (AvgIpc) is 2.31. The molecule has 0 saturated heterocycles. The van der Waals surface area contributed by atoms with Gasteiger partial charge in [-0.25, -0.2) is 4.99 Å². The number of hydrogen-bond donors (Lipinski definition) is 1. The van der Waals surface area contributed by atoms with Crippen molar-refractivity contribution < 1.29 is 9.47 Å². The van der Waals surface area contributed by atoms with Gasteiger partial charge in [0.2, 0.25) is 0 Å². The normalized spacial score (nSPS) is 24.1. The van der Waals surface area contributed by atoms with Crippen LogP contribution in [0.5, 0.6) is 0 Å². The van der Waals surface area contributed by atoms with Crippen molar-refractivity contribution in [2.45, 2.75) is 12.5 Å². The highest BCUT2D eigenvalue weighted by Crippen LogP contribution is 2.05. The highest BCUT2D eigenvalue weighted by Gasteiger charge is 2.15. The lowest BCUT2D eigenvalue weighted by Crippen LogP contribution is -2.10. The summed E-state index contributed by atoms with van der Waals surface area (Å²) in [6.07, 6.45) is 0.886. The highest BCUT2D eigenvalue weighted by molar-refractivity contribution is 5.72. The lowest BCUT2D eigenvalue weighted by atomic mass is 10.2. The maximum Gasteiger partial charge on any atom is 0.282 e. The Kier molecular flexibility index (Phi) is 2.50. The number of hydrogen-bond acceptors (Lipinski definition) is 4. The molecule has 0 fully saturated rings. The van der Waals surface area contributed by atoms with Crippen LogP contribution in [0, 0.1) is 0 Å². The Morgan fingerprint density at radius 2 is 2.70 bits per heavy atom. The Hall–Kier alpha value is -0.770.